The van der Waals surface area contributed by atoms with Crippen molar-refractivity contribution in [3.8, 4) is 5.75 Å². The van der Waals surface area contributed by atoms with Crippen molar-refractivity contribution in [2.75, 3.05) is 13.7 Å². The predicted molar refractivity (Wildman–Crippen MR) is 93.2 cm³/mol. The SMILES string of the molecule is COc1ccc(CNCCC(C)NC(=O)OC(C)(C)C)cc1Cl. The molecule has 0 aliphatic rings. The Kier molecular flexibility index (Phi) is 7.65. The van der Waals surface area contributed by atoms with Crippen molar-refractivity contribution < 1.29 is 14.3 Å². The normalized spacial score (nSPS) is 12.6. The molecule has 1 rings (SSSR count). The van der Waals surface area contributed by atoms with Crippen LogP contribution in [0.3, 0.4) is 0 Å². The van der Waals surface area contributed by atoms with E-state index in [1.807, 2.05) is 45.9 Å². The monoisotopic (exact) mass is 342 g/mol. The molecular formula is C17H27ClN2O3. The van der Waals surface area contributed by atoms with E-state index in [2.05, 4.69) is 10.6 Å². The molecule has 0 saturated heterocycles. The molecule has 0 aromatic heterocycles. The smallest absolute Gasteiger partial charge is 0.407 e. The number of rotatable bonds is 7. The van der Waals surface area contributed by atoms with E-state index in [-0.39, 0.29) is 12.1 Å². The molecule has 1 aromatic rings. The number of halogens is 1. The second-order valence-corrected chi connectivity index (χ2v) is 6.89. The molecule has 0 saturated carbocycles. The topological polar surface area (TPSA) is 59.6 Å². The first-order valence-corrected chi connectivity index (χ1v) is 8.11. The molecule has 0 aliphatic carbocycles. The van der Waals surface area contributed by atoms with Gasteiger partial charge in [-0.25, -0.2) is 4.79 Å². The number of carbonyl (C=O) groups excluding carboxylic acids is 1. The van der Waals surface area contributed by atoms with Gasteiger partial charge in [-0.05, 0) is 58.4 Å². The number of hydrogen-bond donors (Lipinski definition) is 2. The van der Waals surface area contributed by atoms with Crippen LogP contribution in [-0.4, -0.2) is 31.4 Å². The summed E-state index contributed by atoms with van der Waals surface area (Å²) in [7, 11) is 1.60. The molecule has 0 radical (unpaired) electrons. The van der Waals surface area contributed by atoms with Gasteiger partial charge >= 0.3 is 6.09 Å². The maximum absolute atomic E-state index is 11.6. The van der Waals surface area contributed by atoms with Gasteiger partial charge in [0.1, 0.15) is 11.4 Å². The molecule has 1 amide bonds. The fourth-order valence-electron chi connectivity index (χ4n) is 1.95. The maximum Gasteiger partial charge on any atom is 0.407 e. The summed E-state index contributed by atoms with van der Waals surface area (Å²) in [5, 5.41) is 6.75. The number of nitrogens with one attached hydrogen (secondary N) is 2. The van der Waals surface area contributed by atoms with Gasteiger partial charge in [-0.3, -0.25) is 0 Å². The summed E-state index contributed by atoms with van der Waals surface area (Å²) >= 11 is 6.09. The summed E-state index contributed by atoms with van der Waals surface area (Å²) in [6.45, 7) is 8.98. The first-order chi connectivity index (χ1) is 10.7. The Hall–Kier alpha value is -1.46. The van der Waals surface area contributed by atoms with Crippen LogP contribution in [0.2, 0.25) is 5.02 Å². The summed E-state index contributed by atoms with van der Waals surface area (Å²) in [5.74, 6) is 0.672. The van der Waals surface area contributed by atoms with Crippen LogP contribution >= 0.6 is 11.6 Å². The Morgan fingerprint density at radius 3 is 2.61 bits per heavy atom. The minimum atomic E-state index is -0.477. The van der Waals surface area contributed by atoms with Crippen LogP contribution in [0, 0.1) is 0 Å². The summed E-state index contributed by atoms with van der Waals surface area (Å²) in [5.41, 5.74) is 0.610. The van der Waals surface area contributed by atoms with Crippen LogP contribution in [0.5, 0.6) is 5.75 Å². The highest BCUT2D eigenvalue weighted by Crippen LogP contribution is 2.24. The van der Waals surface area contributed by atoms with Crippen LogP contribution in [0.1, 0.15) is 39.7 Å². The molecule has 6 heteroatoms. The molecule has 2 N–H and O–H groups in total. The lowest BCUT2D eigenvalue weighted by molar-refractivity contribution is 0.0506. The van der Waals surface area contributed by atoms with Gasteiger partial charge in [0.05, 0.1) is 12.1 Å². The van der Waals surface area contributed by atoms with Gasteiger partial charge in [0.2, 0.25) is 0 Å². The summed E-state index contributed by atoms with van der Waals surface area (Å²) in [4.78, 5) is 11.6. The fraction of sp³-hybridized carbons (Fsp3) is 0.588. The van der Waals surface area contributed by atoms with E-state index in [4.69, 9.17) is 21.1 Å². The van der Waals surface area contributed by atoms with Crippen LogP contribution in [0.25, 0.3) is 0 Å². The van der Waals surface area contributed by atoms with Crippen molar-refractivity contribution in [3.05, 3.63) is 28.8 Å². The average molecular weight is 343 g/mol. The molecule has 0 bridgehead atoms. The fourth-order valence-corrected chi connectivity index (χ4v) is 2.23. The Labute approximate surface area is 143 Å². The third kappa shape index (κ3) is 8.09. The van der Waals surface area contributed by atoms with E-state index < -0.39 is 5.60 Å². The van der Waals surface area contributed by atoms with Crippen molar-refractivity contribution in [2.45, 2.75) is 52.3 Å². The largest absolute Gasteiger partial charge is 0.495 e. The minimum Gasteiger partial charge on any atom is -0.495 e. The predicted octanol–water partition coefficient (Wildman–Crippen LogP) is 3.74. The first-order valence-electron chi connectivity index (χ1n) is 7.74. The van der Waals surface area contributed by atoms with Gasteiger partial charge in [-0.2, -0.15) is 0 Å². The van der Waals surface area contributed by atoms with Crippen molar-refractivity contribution >= 4 is 17.7 Å². The van der Waals surface area contributed by atoms with Gasteiger partial charge in [-0.1, -0.05) is 17.7 Å². The lowest BCUT2D eigenvalue weighted by Gasteiger charge is -2.22. The zero-order valence-corrected chi connectivity index (χ0v) is 15.3. The molecule has 5 nitrogen and oxygen atoms in total. The second-order valence-electron chi connectivity index (χ2n) is 6.48. The van der Waals surface area contributed by atoms with Gasteiger partial charge in [-0.15, -0.1) is 0 Å². The van der Waals surface area contributed by atoms with Crippen LogP contribution in [0.4, 0.5) is 4.79 Å². The molecule has 1 atom stereocenters. The third-order valence-corrected chi connectivity index (χ3v) is 3.36. The Morgan fingerprint density at radius 2 is 2.04 bits per heavy atom. The molecule has 1 unspecified atom stereocenters. The van der Waals surface area contributed by atoms with Gasteiger partial charge in [0, 0.05) is 12.6 Å². The summed E-state index contributed by atoms with van der Waals surface area (Å²) in [6.07, 6.45) is 0.426. The minimum absolute atomic E-state index is 0.0387. The number of hydrogen-bond acceptors (Lipinski definition) is 4. The van der Waals surface area contributed by atoms with Crippen LogP contribution in [0.15, 0.2) is 18.2 Å². The second kappa shape index (κ2) is 8.99. The zero-order valence-electron chi connectivity index (χ0n) is 14.5. The van der Waals surface area contributed by atoms with Gasteiger partial charge in [0.15, 0.2) is 0 Å². The first kappa shape index (κ1) is 19.6. The molecule has 0 heterocycles. The molecular weight excluding hydrogens is 316 g/mol. The molecule has 0 spiro atoms. The Bertz CT molecular complexity index is 515. The average Bonchev–Trinajstić information content (AvgIpc) is 2.41. The number of carbonyl (C=O) groups is 1. The van der Waals surface area contributed by atoms with Crippen molar-refractivity contribution in [2.24, 2.45) is 0 Å². The van der Waals surface area contributed by atoms with Crippen LogP contribution in [-0.2, 0) is 11.3 Å². The van der Waals surface area contributed by atoms with Crippen molar-refractivity contribution in [3.63, 3.8) is 0 Å². The number of amides is 1. The lowest BCUT2D eigenvalue weighted by Crippen LogP contribution is -2.38. The van der Waals surface area contributed by atoms with E-state index in [9.17, 15) is 4.79 Å². The highest BCUT2D eigenvalue weighted by Gasteiger charge is 2.17. The van der Waals surface area contributed by atoms with Gasteiger partial charge < -0.3 is 20.1 Å². The quantitative estimate of drug-likeness (QED) is 0.741. The zero-order chi connectivity index (χ0) is 17.5. The van der Waals surface area contributed by atoms with Crippen molar-refractivity contribution in [1.82, 2.24) is 10.6 Å². The van der Waals surface area contributed by atoms with E-state index >= 15 is 0 Å². The summed E-state index contributed by atoms with van der Waals surface area (Å²) < 4.78 is 10.3. The highest BCUT2D eigenvalue weighted by atomic mass is 35.5. The maximum atomic E-state index is 11.6. The number of methoxy groups -OCH3 is 1. The number of alkyl carbamates (subject to hydrolysis) is 1. The van der Waals surface area contributed by atoms with Crippen molar-refractivity contribution in [1.29, 1.82) is 0 Å². The third-order valence-electron chi connectivity index (χ3n) is 3.06. The van der Waals surface area contributed by atoms with E-state index in [1.54, 1.807) is 7.11 Å². The molecule has 0 aliphatic heterocycles. The van der Waals surface area contributed by atoms with E-state index in [0.29, 0.717) is 17.3 Å². The highest BCUT2D eigenvalue weighted by molar-refractivity contribution is 6.32. The van der Waals surface area contributed by atoms with Crippen LogP contribution < -0.4 is 15.4 Å². The van der Waals surface area contributed by atoms with E-state index in [0.717, 1.165) is 18.5 Å². The number of benzene rings is 1. The standard InChI is InChI=1S/C17H27ClN2O3/c1-12(20-16(21)23-17(2,3)4)8-9-19-11-13-6-7-15(22-5)14(18)10-13/h6-7,10,12,19H,8-9,11H2,1-5H3,(H,20,21). The molecule has 130 valence electrons. The molecule has 0 fully saturated rings. The molecule has 1 aromatic carbocycles. The Balaban J connectivity index is 2.26. The van der Waals surface area contributed by atoms with E-state index in [1.165, 1.54) is 0 Å². The summed E-state index contributed by atoms with van der Waals surface area (Å²) in [6, 6.07) is 5.75. The lowest BCUT2D eigenvalue weighted by atomic mass is 10.2. The van der Waals surface area contributed by atoms with Gasteiger partial charge in [0.25, 0.3) is 0 Å². The molecule has 23 heavy (non-hydrogen) atoms. The Morgan fingerprint density at radius 1 is 1.35 bits per heavy atom. The number of ether oxygens (including phenoxy) is 2.